The fourth-order valence-electron chi connectivity index (χ4n) is 4.09. The molecule has 3 aromatic carbocycles. The van der Waals surface area contributed by atoms with E-state index in [1.165, 1.54) is 15.9 Å². The van der Waals surface area contributed by atoms with Gasteiger partial charge in [-0.1, -0.05) is 0 Å². The normalized spacial score (nSPS) is 22.2. The van der Waals surface area contributed by atoms with Crippen LogP contribution in [0.3, 0.4) is 0 Å². The summed E-state index contributed by atoms with van der Waals surface area (Å²) in [5.41, 5.74) is 0.0770. The number of benzene rings is 3. The van der Waals surface area contributed by atoms with Crippen molar-refractivity contribution in [3.8, 4) is 6.07 Å². The Kier molecular flexibility index (Phi) is 3.12. The van der Waals surface area contributed by atoms with Gasteiger partial charge >= 0.3 is 137 Å². The molecule has 2 heteroatoms. The summed E-state index contributed by atoms with van der Waals surface area (Å²) in [6.45, 7) is -2.62. The Balaban J connectivity index is 2.12. The van der Waals surface area contributed by atoms with Crippen molar-refractivity contribution >= 4 is 22.5 Å². The maximum atomic E-state index is 9.87. The van der Waals surface area contributed by atoms with E-state index in [2.05, 4.69) is 97.1 Å². The quantitative estimate of drug-likeness (QED) is 0.679. The second-order valence-electron chi connectivity index (χ2n) is 6.21. The van der Waals surface area contributed by atoms with Gasteiger partial charge in [0.25, 0.3) is 0 Å². The van der Waals surface area contributed by atoms with Gasteiger partial charge in [0.05, 0.1) is 0 Å². The first-order valence-corrected chi connectivity index (χ1v) is 10.4. The molecule has 23 heavy (non-hydrogen) atoms. The number of rotatable bonds is 3. The van der Waals surface area contributed by atoms with Crippen LogP contribution in [-0.2, 0) is 0 Å². The molecule has 1 nitrogen and oxygen atoms in total. The summed E-state index contributed by atoms with van der Waals surface area (Å²) in [5.74, 6) is 0. The summed E-state index contributed by atoms with van der Waals surface area (Å²) in [5, 5.41) is 13.9. The molecule has 1 heterocycles. The molecular weight excluding hydrogens is 297 g/mol. The topological polar surface area (TPSA) is 23.8 Å². The zero-order valence-corrected chi connectivity index (χ0v) is 13.7. The van der Waals surface area contributed by atoms with Crippen molar-refractivity contribution in [2.45, 2.75) is 5.66 Å². The van der Waals surface area contributed by atoms with Crippen molar-refractivity contribution < 1.29 is 0 Å². The predicted octanol–water partition coefficient (Wildman–Crippen LogP) is 3.42. The SMILES string of the molecule is N#CC1CP1(c1ccccc1)(c1ccccc1)c1ccccc1. The van der Waals surface area contributed by atoms with E-state index >= 15 is 0 Å². The number of nitrogens with zero attached hydrogens (tertiary/aromatic N) is 1. The first-order chi connectivity index (χ1) is 11.3. The Morgan fingerprint density at radius 3 is 1.26 bits per heavy atom. The molecule has 0 bridgehead atoms. The van der Waals surface area contributed by atoms with E-state index in [9.17, 15) is 5.26 Å². The third kappa shape index (κ3) is 1.70. The molecule has 0 aliphatic carbocycles. The van der Waals surface area contributed by atoms with Gasteiger partial charge in [-0.25, -0.2) is 0 Å². The van der Waals surface area contributed by atoms with Crippen LogP contribution >= 0.6 is 6.60 Å². The second-order valence-corrected chi connectivity index (χ2v) is 11.5. The molecule has 1 fully saturated rings. The molecule has 1 unspecified atom stereocenters. The van der Waals surface area contributed by atoms with Crippen molar-refractivity contribution in [3.63, 3.8) is 0 Å². The summed E-state index contributed by atoms with van der Waals surface area (Å²) >= 11 is 0. The Morgan fingerprint density at radius 1 is 0.652 bits per heavy atom. The molecule has 4 rings (SSSR count). The molecule has 112 valence electrons. The summed E-state index contributed by atoms with van der Waals surface area (Å²) in [4.78, 5) is 0. The molecule has 0 radical (unpaired) electrons. The Hall–Kier alpha value is -2.42. The van der Waals surface area contributed by atoms with Gasteiger partial charge in [0.2, 0.25) is 0 Å². The van der Waals surface area contributed by atoms with Crippen molar-refractivity contribution in [1.29, 1.82) is 5.26 Å². The predicted molar refractivity (Wildman–Crippen MR) is 99.4 cm³/mol. The van der Waals surface area contributed by atoms with Crippen LogP contribution in [0.2, 0.25) is 0 Å². The molecule has 1 saturated heterocycles. The zero-order chi connectivity index (χ0) is 15.8. The molecule has 3 aromatic rings. The van der Waals surface area contributed by atoms with Crippen LogP contribution < -0.4 is 15.9 Å². The fraction of sp³-hybridized carbons (Fsp3) is 0.0952. The van der Waals surface area contributed by atoms with Gasteiger partial charge in [0.1, 0.15) is 0 Å². The van der Waals surface area contributed by atoms with Gasteiger partial charge in [-0.05, 0) is 0 Å². The van der Waals surface area contributed by atoms with E-state index in [1.807, 2.05) is 0 Å². The third-order valence-corrected chi connectivity index (χ3v) is 12.1. The van der Waals surface area contributed by atoms with Crippen LogP contribution in [0.5, 0.6) is 0 Å². The first kappa shape index (κ1) is 14.2. The van der Waals surface area contributed by atoms with Crippen LogP contribution in [-0.4, -0.2) is 11.8 Å². The molecular formula is C21H18NP. The number of hydrogen-bond acceptors (Lipinski definition) is 1. The van der Waals surface area contributed by atoms with Gasteiger partial charge in [-0.2, -0.15) is 0 Å². The molecule has 0 aromatic heterocycles. The summed E-state index contributed by atoms with van der Waals surface area (Å²) < 4.78 is 0. The van der Waals surface area contributed by atoms with Crippen LogP contribution in [0.4, 0.5) is 0 Å². The number of hydrogen-bond donors (Lipinski definition) is 0. The van der Waals surface area contributed by atoms with Crippen LogP contribution in [0.1, 0.15) is 0 Å². The molecule has 0 amide bonds. The summed E-state index contributed by atoms with van der Waals surface area (Å²) in [6, 6.07) is 34.7. The maximum absolute atomic E-state index is 9.87. The van der Waals surface area contributed by atoms with E-state index < -0.39 is 6.60 Å². The average molecular weight is 315 g/mol. The minimum atomic E-state index is -2.62. The molecule has 0 spiro atoms. The van der Waals surface area contributed by atoms with Crippen LogP contribution in [0, 0.1) is 11.3 Å². The average Bonchev–Trinajstić information content (AvgIpc) is 3.36. The van der Waals surface area contributed by atoms with Crippen molar-refractivity contribution in [2.75, 3.05) is 6.16 Å². The van der Waals surface area contributed by atoms with Crippen molar-refractivity contribution in [2.24, 2.45) is 0 Å². The molecule has 0 saturated carbocycles. The van der Waals surface area contributed by atoms with Crippen molar-refractivity contribution in [3.05, 3.63) is 91.0 Å². The van der Waals surface area contributed by atoms with Crippen LogP contribution in [0.25, 0.3) is 0 Å². The monoisotopic (exact) mass is 315 g/mol. The Bertz CT molecular complexity index is 767. The van der Waals surface area contributed by atoms with E-state index in [4.69, 9.17) is 0 Å². The second kappa shape index (κ2) is 5.05. The van der Waals surface area contributed by atoms with Gasteiger partial charge in [0, 0.05) is 0 Å². The van der Waals surface area contributed by atoms with E-state index in [0.29, 0.717) is 0 Å². The Morgan fingerprint density at radius 2 is 1.00 bits per heavy atom. The summed E-state index contributed by atoms with van der Waals surface area (Å²) in [6.07, 6.45) is 0.958. The fourth-order valence-corrected chi connectivity index (χ4v) is 11.0. The van der Waals surface area contributed by atoms with E-state index in [1.54, 1.807) is 0 Å². The molecule has 0 N–H and O–H groups in total. The standard InChI is InChI=1S/C21H18NP/c22-16-21-17-23(21,18-10-4-1-5-11-18,19-12-6-2-7-13-19)20-14-8-3-9-15-20/h1-15,21H,17H2. The molecule has 1 atom stereocenters. The van der Waals surface area contributed by atoms with Gasteiger partial charge in [0.15, 0.2) is 0 Å². The third-order valence-electron chi connectivity index (χ3n) is 5.29. The van der Waals surface area contributed by atoms with E-state index in [-0.39, 0.29) is 5.66 Å². The summed E-state index contributed by atoms with van der Waals surface area (Å²) in [7, 11) is 0. The van der Waals surface area contributed by atoms with Crippen LogP contribution in [0.15, 0.2) is 91.0 Å². The van der Waals surface area contributed by atoms with Gasteiger partial charge in [-0.15, -0.1) is 0 Å². The minimum absolute atomic E-state index is 0.0770. The zero-order valence-electron chi connectivity index (χ0n) is 12.8. The molecule has 1 aliphatic rings. The Labute approximate surface area is 137 Å². The van der Waals surface area contributed by atoms with Crippen molar-refractivity contribution in [1.82, 2.24) is 0 Å². The van der Waals surface area contributed by atoms with E-state index in [0.717, 1.165) is 6.16 Å². The first-order valence-electron chi connectivity index (χ1n) is 7.90. The molecule has 1 aliphatic heterocycles. The van der Waals surface area contributed by atoms with Gasteiger partial charge in [-0.3, -0.25) is 0 Å². The number of nitriles is 1. The van der Waals surface area contributed by atoms with Gasteiger partial charge < -0.3 is 0 Å².